The van der Waals surface area contributed by atoms with Gasteiger partial charge in [-0.05, 0) is 32.0 Å². The zero-order valence-corrected chi connectivity index (χ0v) is 14.9. The van der Waals surface area contributed by atoms with Crippen LogP contribution in [0.1, 0.15) is 31.9 Å². The number of benzene rings is 1. The molecule has 1 aromatic carbocycles. The number of nitrogens with one attached hydrogen (secondary N) is 1. The zero-order chi connectivity index (χ0) is 15.7. The Kier molecular flexibility index (Phi) is 10.9. The topological polar surface area (TPSA) is 41.6 Å². The van der Waals surface area contributed by atoms with Crippen molar-refractivity contribution in [3.8, 4) is 0 Å². The highest BCUT2D eigenvalue weighted by atomic mass is 35.5. The third-order valence-electron chi connectivity index (χ3n) is 3.22. The summed E-state index contributed by atoms with van der Waals surface area (Å²) in [6, 6.07) is 9.35. The number of hydrogen-bond donors (Lipinski definition) is 1. The van der Waals surface area contributed by atoms with E-state index in [4.69, 9.17) is 4.74 Å². The van der Waals surface area contributed by atoms with Gasteiger partial charge < -0.3 is 9.64 Å². The number of nitrogens with zero attached hydrogens (tertiary/aromatic N) is 1. The molecule has 0 aliphatic heterocycles. The van der Waals surface area contributed by atoms with Crippen molar-refractivity contribution in [1.82, 2.24) is 10.2 Å². The number of rotatable bonds is 9. The number of carbonyl (C=O) groups is 1. The van der Waals surface area contributed by atoms with E-state index in [1.54, 1.807) is 0 Å². The van der Waals surface area contributed by atoms with Crippen molar-refractivity contribution < 1.29 is 9.53 Å². The molecule has 0 radical (unpaired) electrons. The van der Waals surface area contributed by atoms with Gasteiger partial charge in [0.25, 0.3) is 0 Å². The fourth-order valence-electron chi connectivity index (χ4n) is 1.89. The van der Waals surface area contributed by atoms with E-state index in [0.717, 1.165) is 25.1 Å². The molecule has 0 amide bonds. The van der Waals surface area contributed by atoms with E-state index in [-0.39, 0.29) is 18.4 Å². The minimum Gasteiger partial charge on any atom is -0.464 e. The molecule has 0 aromatic heterocycles. The highest BCUT2D eigenvalue weighted by Gasteiger charge is 2.21. The van der Waals surface area contributed by atoms with Crippen molar-refractivity contribution in [1.29, 1.82) is 0 Å². The lowest BCUT2D eigenvalue weighted by Gasteiger charge is -2.19. The number of halogens is 1. The van der Waals surface area contributed by atoms with Gasteiger partial charge in [-0.1, -0.05) is 44.2 Å². The standard InChI is InChI=1S/C17H28N2O2.ClH/c1-14(2)10-13-21-17(20)16(18-11-12-19(3)4)15-8-6-5-7-9-15;/h5-9,14,16,18H,10-13H2,1-4H3;1H. The molecule has 0 spiro atoms. The summed E-state index contributed by atoms with van der Waals surface area (Å²) in [5.41, 5.74) is 0.950. The predicted octanol–water partition coefficient (Wildman–Crippen LogP) is 2.89. The second kappa shape index (κ2) is 11.5. The predicted molar refractivity (Wildman–Crippen MR) is 93.4 cm³/mol. The van der Waals surface area contributed by atoms with E-state index in [1.807, 2.05) is 44.4 Å². The minimum atomic E-state index is -0.390. The van der Waals surface area contributed by atoms with Crippen LogP contribution in [-0.2, 0) is 9.53 Å². The maximum atomic E-state index is 12.3. The smallest absolute Gasteiger partial charge is 0.327 e. The first-order chi connectivity index (χ1) is 10.0. The Bertz CT molecular complexity index is 410. The summed E-state index contributed by atoms with van der Waals surface area (Å²) in [7, 11) is 4.03. The second-order valence-corrected chi connectivity index (χ2v) is 5.95. The van der Waals surface area contributed by atoms with E-state index in [9.17, 15) is 4.79 Å². The molecule has 5 heteroatoms. The molecule has 0 saturated carbocycles. The molecule has 0 heterocycles. The van der Waals surface area contributed by atoms with Crippen LogP contribution in [-0.4, -0.2) is 44.7 Å². The number of carbonyl (C=O) groups excluding carboxylic acids is 1. The van der Waals surface area contributed by atoms with Gasteiger partial charge in [0.1, 0.15) is 6.04 Å². The average Bonchev–Trinajstić information content (AvgIpc) is 2.43. The maximum absolute atomic E-state index is 12.3. The van der Waals surface area contributed by atoms with Crippen LogP contribution in [0.15, 0.2) is 30.3 Å². The van der Waals surface area contributed by atoms with Crippen LogP contribution in [0.3, 0.4) is 0 Å². The lowest BCUT2D eigenvalue weighted by molar-refractivity contribution is -0.146. The lowest BCUT2D eigenvalue weighted by atomic mass is 10.1. The molecule has 0 aliphatic rings. The molecular weight excluding hydrogens is 300 g/mol. The fraction of sp³-hybridized carbons (Fsp3) is 0.588. The van der Waals surface area contributed by atoms with Gasteiger partial charge in [-0.15, -0.1) is 12.4 Å². The van der Waals surface area contributed by atoms with Crippen LogP contribution in [0.2, 0.25) is 0 Å². The molecule has 0 saturated heterocycles. The molecule has 1 atom stereocenters. The van der Waals surface area contributed by atoms with Crippen LogP contribution >= 0.6 is 12.4 Å². The van der Waals surface area contributed by atoms with Crippen molar-refractivity contribution in [3.05, 3.63) is 35.9 Å². The van der Waals surface area contributed by atoms with Crippen molar-refractivity contribution in [2.75, 3.05) is 33.8 Å². The van der Waals surface area contributed by atoms with Crippen molar-refractivity contribution in [2.45, 2.75) is 26.3 Å². The molecule has 4 nitrogen and oxygen atoms in total. The number of hydrogen-bond acceptors (Lipinski definition) is 4. The van der Waals surface area contributed by atoms with Gasteiger partial charge in [0.05, 0.1) is 6.61 Å². The van der Waals surface area contributed by atoms with Gasteiger partial charge in [0, 0.05) is 13.1 Å². The quantitative estimate of drug-likeness (QED) is 0.708. The summed E-state index contributed by atoms with van der Waals surface area (Å²) in [6.45, 7) is 6.35. The van der Waals surface area contributed by atoms with E-state index in [0.29, 0.717) is 12.5 Å². The van der Waals surface area contributed by atoms with Crippen LogP contribution in [0, 0.1) is 5.92 Å². The summed E-state index contributed by atoms with van der Waals surface area (Å²) < 4.78 is 5.41. The number of likely N-dealkylation sites (N-methyl/N-ethyl adjacent to an activating group) is 1. The lowest BCUT2D eigenvalue weighted by Crippen LogP contribution is -2.35. The molecule has 0 bridgehead atoms. The van der Waals surface area contributed by atoms with Gasteiger partial charge in [0.15, 0.2) is 0 Å². The van der Waals surface area contributed by atoms with Crippen molar-refractivity contribution in [2.24, 2.45) is 5.92 Å². The monoisotopic (exact) mass is 328 g/mol. The SMILES string of the molecule is CC(C)CCOC(=O)C(NCCN(C)C)c1ccccc1.Cl. The normalized spacial score (nSPS) is 12.1. The van der Waals surface area contributed by atoms with Gasteiger partial charge in [0.2, 0.25) is 0 Å². The Morgan fingerprint density at radius 1 is 1.23 bits per heavy atom. The molecule has 1 rings (SSSR count). The molecule has 1 unspecified atom stereocenters. The van der Waals surface area contributed by atoms with Gasteiger partial charge in [-0.2, -0.15) is 0 Å². The Hall–Kier alpha value is -1.10. The van der Waals surface area contributed by atoms with Crippen LogP contribution in [0.25, 0.3) is 0 Å². The third-order valence-corrected chi connectivity index (χ3v) is 3.22. The molecule has 22 heavy (non-hydrogen) atoms. The summed E-state index contributed by atoms with van der Waals surface area (Å²) in [6.07, 6.45) is 0.894. The maximum Gasteiger partial charge on any atom is 0.327 e. The Balaban J connectivity index is 0.00000441. The minimum absolute atomic E-state index is 0. The van der Waals surface area contributed by atoms with Gasteiger partial charge >= 0.3 is 5.97 Å². The summed E-state index contributed by atoms with van der Waals surface area (Å²) >= 11 is 0. The largest absolute Gasteiger partial charge is 0.464 e. The first-order valence-corrected chi connectivity index (χ1v) is 7.60. The van der Waals surface area contributed by atoms with Gasteiger partial charge in [-0.3, -0.25) is 5.32 Å². The van der Waals surface area contributed by atoms with E-state index in [1.165, 1.54) is 0 Å². The number of ether oxygens (including phenoxy) is 1. The summed E-state index contributed by atoms with van der Waals surface area (Å²) in [5, 5.41) is 3.29. The first kappa shape index (κ1) is 20.9. The molecule has 0 aliphatic carbocycles. The van der Waals surface area contributed by atoms with Crippen LogP contribution < -0.4 is 5.32 Å². The highest BCUT2D eigenvalue weighted by molar-refractivity contribution is 5.85. The Labute approximate surface area is 140 Å². The molecule has 0 fully saturated rings. The molecule has 1 aromatic rings. The Morgan fingerprint density at radius 3 is 2.41 bits per heavy atom. The summed E-state index contributed by atoms with van der Waals surface area (Å²) in [4.78, 5) is 14.4. The van der Waals surface area contributed by atoms with Crippen LogP contribution in [0.5, 0.6) is 0 Å². The van der Waals surface area contributed by atoms with E-state index >= 15 is 0 Å². The van der Waals surface area contributed by atoms with Crippen LogP contribution in [0.4, 0.5) is 0 Å². The Morgan fingerprint density at radius 2 is 1.86 bits per heavy atom. The first-order valence-electron chi connectivity index (χ1n) is 7.60. The van der Waals surface area contributed by atoms with E-state index in [2.05, 4.69) is 24.1 Å². The molecule has 126 valence electrons. The van der Waals surface area contributed by atoms with Gasteiger partial charge in [-0.25, -0.2) is 4.79 Å². The highest BCUT2D eigenvalue weighted by Crippen LogP contribution is 2.14. The van der Waals surface area contributed by atoms with Crippen molar-refractivity contribution in [3.63, 3.8) is 0 Å². The van der Waals surface area contributed by atoms with E-state index < -0.39 is 6.04 Å². The molecular formula is C17H29ClN2O2. The second-order valence-electron chi connectivity index (χ2n) is 5.95. The molecule has 1 N–H and O–H groups in total. The average molecular weight is 329 g/mol. The third kappa shape index (κ3) is 8.37. The van der Waals surface area contributed by atoms with Crippen molar-refractivity contribution >= 4 is 18.4 Å². The number of esters is 1. The fourth-order valence-corrected chi connectivity index (χ4v) is 1.89. The summed E-state index contributed by atoms with van der Waals surface area (Å²) in [5.74, 6) is 0.343. The zero-order valence-electron chi connectivity index (χ0n) is 14.0.